The van der Waals surface area contributed by atoms with Crippen LogP contribution in [0, 0.1) is 12.8 Å². The summed E-state index contributed by atoms with van der Waals surface area (Å²) in [6.07, 6.45) is 4.79. The summed E-state index contributed by atoms with van der Waals surface area (Å²) in [5.74, 6) is 1.61. The van der Waals surface area contributed by atoms with E-state index in [1.807, 2.05) is 36.6 Å². The maximum absolute atomic E-state index is 12.3. The molecule has 1 N–H and O–H groups in total. The Labute approximate surface area is 172 Å². The molecule has 1 aliphatic rings. The second-order valence-corrected chi connectivity index (χ2v) is 8.72. The number of nitrogens with zero attached hydrogens (tertiary/aromatic N) is 2. The molecule has 0 unspecified atom stereocenters. The van der Waals surface area contributed by atoms with Gasteiger partial charge in [-0.25, -0.2) is 4.98 Å². The molecule has 1 aromatic heterocycles. The third kappa shape index (κ3) is 6.60. The van der Waals surface area contributed by atoms with Gasteiger partial charge in [0.2, 0.25) is 0 Å². The molecular formula is C22H31N3O2S. The van der Waals surface area contributed by atoms with E-state index in [0.29, 0.717) is 12.2 Å². The summed E-state index contributed by atoms with van der Waals surface area (Å²) in [6, 6.07) is 7.30. The van der Waals surface area contributed by atoms with Gasteiger partial charge >= 0.3 is 0 Å². The normalized spacial score (nSPS) is 15.5. The number of piperidine rings is 1. The Morgan fingerprint density at radius 1 is 1.25 bits per heavy atom. The third-order valence-electron chi connectivity index (χ3n) is 5.23. The Balaban J connectivity index is 1.31. The summed E-state index contributed by atoms with van der Waals surface area (Å²) in [5, 5.41) is 6.06. The minimum Gasteiger partial charge on any atom is -0.487 e. The average Bonchev–Trinajstić information content (AvgIpc) is 3.13. The monoisotopic (exact) mass is 401 g/mol. The second-order valence-electron chi connectivity index (χ2n) is 7.66. The van der Waals surface area contributed by atoms with Crippen molar-refractivity contribution in [3.8, 4) is 5.75 Å². The number of thiazole rings is 1. The average molecular weight is 402 g/mol. The van der Waals surface area contributed by atoms with Crippen LogP contribution in [0.5, 0.6) is 5.75 Å². The molecule has 0 bridgehead atoms. The van der Waals surface area contributed by atoms with Crippen LogP contribution in [0.15, 0.2) is 29.6 Å². The number of rotatable bonds is 9. The fourth-order valence-corrected chi connectivity index (χ4v) is 3.98. The van der Waals surface area contributed by atoms with Crippen LogP contribution in [-0.4, -0.2) is 42.0 Å². The Bertz CT molecular complexity index is 736. The van der Waals surface area contributed by atoms with Gasteiger partial charge < -0.3 is 15.0 Å². The van der Waals surface area contributed by atoms with Crippen molar-refractivity contribution in [3.05, 3.63) is 45.9 Å². The predicted molar refractivity (Wildman–Crippen MR) is 114 cm³/mol. The zero-order valence-electron chi connectivity index (χ0n) is 16.9. The maximum Gasteiger partial charge on any atom is 0.251 e. The van der Waals surface area contributed by atoms with Crippen molar-refractivity contribution in [1.82, 2.24) is 15.2 Å². The minimum absolute atomic E-state index is 0.0199. The van der Waals surface area contributed by atoms with E-state index in [2.05, 4.69) is 22.1 Å². The lowest BCUT2D eigenvalue weighted by Gasteiger charge is -2.30. The quantitative estimate of drug-likeness (QED) is 0.638. The summed E-state index contributed by atoms with van der Waals surface area (Å²) in [4.78, 5) is 19.2. The van der Waals surface area contributed by atoms with Crippen LogP contribution in [0.1, 0.15) is 53.7 Å². The van der Waals surface area contributed by atoms with Crippen molar-refractivity contribution >= 4 is 17.2 Å². The van der Waals surface area contributed by atoms with Gasteiger partial charge in [0.1, 0.15) is 12.4 Å². The van der Waals surface area contributed by atoms with Crippen molar-refractivity contribution in [2.24, 2.45) is 5.92 Å². The van der Waals surface area contributed by atoms with Crippen LogP contribution in [-0.2, 0) is 6.61 Å². The van der Waals surface area contributed by atoms with Crippen molar-refractivity contribution in [1.29, 1.82) is 0 Å². The first-order valence-electron chi connectivity index (χ1n) is 10.2. The molecule has 1 saturated heterocycles. The van der Waals surface area contributed by atoms with Crippen molar-refractivity contribution < 1.29 is 9.53 Å². The predicted octanol–water partition coefficient (Wildman–Crippen LogP) is 4.27. The molecular weight excluding hydrogens is 370 g/mol. The molecule has 6 heteroatoms. The van der Waals surface area contributed by atoms with E-state index in [0.717, 1.165) is 48.3 Å². The Morgan fingerprint density at radius 2 is 2.00 bits per heavy atom. The van der Waals surface area contributed by atoms with Crippen molar-refractivity contribution in [3.63, 3.8) is 0 Å². The van der Waals surface area contributed by atoms with Gasteiger partial charge in [0.05, 0.1) is 10.7 Å². The molecule has 0 spiro atoms. The lowest BCUT2D eigenvalue weighted by Crippen LogP contribution is -2.34. The number of carbonyl (C=O) groups is 1. The summed E-state index contributed by atoms with van der Waals surface area (Å²) < 4.78 is 5.73. The smallest absolute Gasteiger partial charge is 0.251 e. The molecule has 3 rings (SSSR count). The minimum atomic E-state index is -0.0199. The number of nitrogens with one attached hydrogen (secondary N) is 1. The first-order valence-corrected chi connectivity index (χ1v) is 11.1. The number of likely N-dealkylation sites (tertiary alicyclic amines) is 1. The summed E-state index contributed by atoms with van der Waals surface area (Å²) in [5.41, 5.74) is 1.60. The molecule has 0 radical (unpaired) electrons. The standard InChI is InChI=1S/C22H31N3O2S/c1-17-9-13-25(14-10-17)12-4-3-11-23-22(26)19-5-7-21(8-6-19)27-15-20-16-28-18(2)24-20/h5-8,16-17H,3-4,9-15H2,1-2H3,(H,23,26). The van der Waals surface area contributed by atoms with E-state index in [4.69, 9.17) is 4.74 Å². The number of carbonyl (C=O) groups excluding carboxylic acids is 1. The number of hydrogen-bond donors (Lipinski definition) is 1. The van der Waals surface area contributed by atoms with Crippen LogP contribution in [0.2, 0.25) is 0 Å². The fourth-order valence-electron chi connectivity index (χ4n) is 3.38. The van der Waals surface area contributed by atoms with E-state index in [1.54, 1.807) is 11.3 Å². The zero-order chi connectivity index (χ0) is 19.8. The van der Waals surface area contributed by atoms with E-state index < -0.39 is 0 Å². The van der Waals surface area contributed by atoms with Gasteiger partial charge in [-0.05, 0) is 82.4 Å². The number of benzene rings is 1. The molecule has 1 aliphatic heterocycles. The molecule has 152 valence electrons. The molecule has 28 heavy (non-hydrogen) atoms. The van der Waals surface area contributed by atoms with Crippen LogP contribution in [0.25, 0.3) is 0 Å². The highest BCUT2D eigenvalue weighted by Crippen LogP contribution is 2.17. The SMILES string of the molecule is Cc1nc(COc2ccc(C(=O)NCCCCN3CCC(C)CC3)cc2)cs1. The number of aromatic nitrogens is 1. The Hall–Kier alpha value is -1.92. The van der Waals surface area contributed by atoms with Crippen molar-refractivity contribution in [2.45, 2.75) is 46.1 Å². The third-order valence-corrected chi connectivity index (χ3v) is 6.06. The molecule has 0 aliphatic carbocycles. The molecule has 1 amide bonds. The fraction of sp³-hybridized carbons (Fsp3) is 0.545. The highest BCUT2D eigenvalue weighted by Gasteiger charge is 2.14. The van der Waals surface area contributed by atoms with Gasteiger partial charge in [0, 0.05) is 17.5 Å². The van der Waals surface area contributed by atoms with E-state index >= 15 is 0 Å². The van der Waals surface area contributed by atoms with E-state index in [-0.39, 0.29) is 5.91 Å². The summed E-state index contributed by atoms with van der Waals surface area (Å²) >= 11 is 1.62. The van der Waals surface area contributed by atoms with Crippen molar-refractivity contribution in [2.75, 3.05) is 26.2 Å². The van der Waals surface area contributed by atoms with Crippen LogP contribution in [0.4, 0.5) is 0 Å². The summed E-state index contributed by atoms with van der Waals surface area (Å²) in [7, 11) is 0. The van der Waals surface area contributed by atoms with Gasteiger partial charge in [-0.1, -0.05) is 6.92 Å². The number of ether oxygens (including phenoxy) is 1. The zero-order valence-corrected chi connectivity index (χ0v) is 17.8. The van der Waals surface area contributed by atoms with Gasteiger partial charge in [-0.3, -0.25) is 4.79 Å². The highest BCUT2D eigenvalue weighted by atomic mass is 32.1. The first-order chi connectivity index (χ1) is 13.6. The Kier molecular flexibility index (Phi) is 7.86. The van der Waals surface area contributed by atoms with Gasteiger partial charge in [0.15, 0.2) is 0 Å². The maximum atomic E-state index is 12.3. The number of amides is 1. The number of aryl methyl sites for hydroxylation is 1. The van der Waals surface area contributed by atoms with E-state index in [1.165, 1.54) is 25.9 Å². The molecule has 1 aromatic carbocycles. The van der Waals surface area contributed by atoms with E-state index in [9.17, 15) is 4.79 Å². The van der Waals surface area contributed by atoms with Crippen LogP contribution >= 0.6 is 11.3 Å². The first kappa shape index (κ1) is 20.8. The van der Waals surface area contributed by atoms with Gasteiger partial charge in [0.25, 0.3) is 5.91 Å². The molecule has 5 nitrogen and oxygen atoms in total. The lowest BCUT2D eigenvalue weighted by molar-refractivity contribution is 0.0952. The highest BCUT2D eigenvalue weighted by molar-refractivity contribution is 7.09. The second kappa shape index (κ2) is 10.6. The molecule has 0 atom stereocenters. The number of unbranched alkanes of at least 4 members (excludes halogenated alkanes) is 1. The Morgan fingerprint density at radius 3 is 2.68 bits per heavy atom. The van der Waals surface area contributed by atoms with Crippen LogP contribution in [0.3, 0.4) is 0 Å². The van der Waals surface area contributed by atoms with Crippen LogP contribution < -0.4 is 10.1 Å². The molecule has 2 heterocycles. The van der Waals surface area contributed by atoms with Gasteiger partial charge in [-0.2, -0.15) is 0 Å². The molecule has 1 fully saturated rings. The molecule has 2 aromatic rings. The largest absolute Gasteiger partial charge is 0.487 e. The molecule has 0 saturated carbocycles. The van der Waals surface area contributed by atoms with Gasteiger partial charge in [-0.15, -0.1) is 11.3 Å². The number of hydrogen-bond acceptors (Lipinski definition) is 5. The topological polar surface area (TPSA) is 54.5 Å². The lowest BCUT2D eigenvalue weighted by atomic mass is 9.99. The summed E-state index contributed by atoms with van der Waals surface area (Å²) in [6.45, 7) is 9.10.